The average Bonchev–Trinajstić information content (AvgIpc) is 2.40. The number of cyclic esters (lactones) is 1. The molecular weight excluding hydrogens is 230 g/mol. The van der Waals surface area contributed by atoms with Crippen LogP contribution in [-0.4, -0.2) is 22.7 Å². The summed E-state index contributed by atoms with van der Waals surface area (Å²) in [4.78, 5) is 15.7. The molecule has 0 aromatic carbocycles. The number of nitrogens with zero attached hydrogens (tertiary/aromatic N) is 1. The highest BCUT2D eigenvalue weighted by atomic mass is 16.5. The van der Waals surface area contributed by atoms with Crippen LogP contribution in [0.15, 0.2) is 6.20 Å². The molecule has 0 radical (unpaired) electrons. The predicted octanol–water partition coefficient (Wildman–Crippen LogP) is 2.55. The van der Waals surface area contributed by atoms with Gasteiger partial charge in [0.05, 0.1) is 6.61 Å². The third-order valence-corrected chi connectivity index (χ3v) is 4.03. The average molecular weight is 247 g/mol. The molecular formula is C14H17NO3. The number of esters is 1. The minimum atomic E-state index is -0.432. The molecule has 0 spiro atoms. The van der Waals surface area contributed by atoms with Crippen LogP contribution in [0.4, 0.5) is 0 Å². The molecule has 0 saturated heterocycles. The molecule has 4 heteroatoms. The second kappa shape index (κ2) is 4.59. The van der Waals surface area contributed by atoms with Gasteiger partial charge >= 0.3 is 5.97 Å². The van der Waals surface area contributed by atoms with E-state index in [-0.39, 0.29) is 5.88 Å². The van der Waals surface area contributed by atoms with Crippen LogP contribution >= 0.6 is 0 Å². The number of aromatic hydroxyl groups is 1. The van der Waals surface area contributed by atoms with E-state index in [1.165, 1.54) is 19.3 Å². The molecule has 18 heavy (non-hydrogen) atoms. The first-order valence-corrected chi connectivity index (χ1v) is 6.65. The monoisotopic (exact) mass is 247 g/mol. The Hall–Kier alpha value is -1.58. The van der Waals surface area contributed by atoms with Crippen LogP contribution in [0.2, 0.25) is 0 Å². The lowest BCUT2D eigenvalue weighted by atomic mass is 9.81. The second-order valence-corrected chi connectivity index (χ2v) is 5.11. The molecule has 2 heterocycles. The standard InChI is InChI=1S/C14H17NO3/c16-13-12-10(6-7-18-14(12)17)11(8-15-13)9-4-2-1-3-5-9/h8-9H,1-7H2,(H,15,16). The lowest BCUT2D eigenvalue weighted by Gasteiger charge is -2.26. The summed E-state index contributed by atoms with van der Waals surface area (Å²) in [6.07, 6.45) is 8.55. The lowest BCUT2D eigenvalue weighted by Crippen LogP contribution is -2.21. The van der Waals surface area contributed by atoms with E-state index in [4.69, 9.17) is 4.74 Å². The predicted molar refractivity (Wildman–Crippen MR) is 65.7 cm³/mol. The maximum absolute atomic E-state index is 11.7. The Kier molecular flexibility index (Phi) is 2.94. The van der Waals surface area contributed by atoms with Crippen molar-refractivity contribution in [3.63, 3.8) is 0 Å². The van der Waals surface area contributed by atoms with Crippen LogP contribution in [0.25, 0.3) is 0 Å². The Morgan fingerprint density at radius 1 is 1.28 bits per heavy atom. The Morgan fingerprint density at radius 3 is 2.83 bits per heavy atom. The summed E-state index contributed by atoms with van der Waals surface area (Å²) < 4.78 is 4.99. The molecule has 3 rings (SSSR count). The van der Waals surface area contributed by atoms with Crippen molar-refractivity contribution in [1.29, 1.82) is 0 Å². The maximum atomic E-state index is 11.7. The van der Waals surface area contributed by atoms with E-state index in [0.717, 1.165) is 24.0 Å². The number of hydrogen-bond donors (Lipinski definition) is 1. The fourth-order valence-corrected chi connectivity index (χ4v) is 3.12. The van der Waals surface area contributed by atoms with Gasteiger partial charge in [-0.15, -0.1) is 0 Å². The Morgan fingerprint density at radius 2 is 2.06 bits per heavy atom. The first kappa shape index (κ1) is 11.5. The molecule has 0 unspecified atom stereocenters. The van der Waals surface area contributed by atoms with Gasteiger partial charge in [-0.05, 0) is 29.9 Å². The first-order chi connectivity index (χ1) is 8.77. The lowest BCUT2D eigenvalue weighted by molar-refractivity contribution is 0.0474. The maximum Gasteiger partial charge on any atom is 0.343 e. The summed E-state index contributed by atoms with van der Waals surface area (Å²) in [5.74, 6) is -0.125. The summed E-state index contributed by atoms with van der Waals surface area (Å²) in [6, 6.07) is 0. The second-order valence-electron chi connectivity index (χ2n) is 5.11. The van der Waals surface area contributed by atoms with Crippen LogP contribution in [0.5, 0.6) is 5.88 Å². The molecule has 1 aromatic heterocycles. The van der Waals surface area contributed by atoms with Crippen LogP contribution in [-0.2, 0) is 11.2 Å². The Balaban J connectivity index is 2.04. The van der Waals surface area contributed by atoms with E-state index in [1.54, 1.807) is 6.20 Å². The SMILES string of the molecule is O=C1OCCc2c(C3CCCCC3)cnc(O)c21. The fourth-order valence-electron chi connectivity index (χ4n) is 3.12. The molecule has 4 nitrogen and oxygen atoms in total. The van der Waals surface area contributed by atoms with E-state index in [9.17, 15) is 9.90 Å². The van der Waals surface area contributed by atoms with Gasteiger partial charge in [-0.3, -0.25) is 0 Å². The topological polar surface area (TPSA) is 59.4 Å². The number of carbonyl (C=O) groups excluding carboxylic acids is 1. The fraction of sp³-hybridized carbons (Fsp3) is 0.571. The van der Waals surface area contributed by atoms with Crippen LogP contribution < -0.4 is 0 Å². The third kappa shape index (κ3) is 1.85. The zero-order valence-electron chi connectivity index (χ0n) is 10.3. The van der Waals surface area contributed by atoms with Gasteiger partial charge in [0, 0.05) is 12.6 Å². The molecule has 0 atom stereocenters. The van der Waals surface area contributed by atoms with Gasteiger partial charge < -0.3 is 9.84 Å². The summed E-state index contributed by atoms with van der Waals surface area (Å²) in [5, 5.41) is 9.74. The number of carbonyl (C=O) groups is 1. The van der Waals surface area contributed by atoms with E-state index in [0.29, 0.717) is 24.5 Å². The number of rotatable bonds is 1. The minimum Gasteiger partial charge on any atom is -0.493 e. The number of ether oxygens (including phenoxy) is 1. The molecule has 1 fully saturated rings. The molecule has 2 aliphatic rings. The summed E-state index contributed by atoms with van der Waals surface area (Å²) in [6.45, 7) is 0.412. The zero-order chi connectivity index (χ0) is 12.5. The highest BCUT2D eigenvalue weighted by Gasteiger charge is 2.29. The smallest absolute Gasteiger partial charge is 0.343 e. The van der Waals surface area contributed by atoms with Crippen molar-refractivity contribution in [2.45, 2.75) is 44.4 Å². The van der Waals surface area contributed by atoms with E-state index in [1.807, 2.05) is 0 Å². The minimum absolute atomic E-state index is 0.186. The normalized spacial score (nSPS) is 20.3. The van der Waals surface area contributed by atoms with E-state index >= 15 is 0 Å². The molecule has 1 aliphatic heterocycles. The number of hydrogen-bond acceptors (Lipinski definition) is 4. The summed E-state index contributed by atoms with van der Waals surface area (Å²) in [5.41, 5.74) is 2.41. The molecule has 96 valence electrons. The van der Waals surface area contributed by atoms with E-state index < -0.39 is 5.97 Å². The molecule has 1 saturated carbocycles. The molecule has 1 aromatic rings. The van der Waals surface area contributed by atoms with Crippen molar-refractivity contribution in [1.82, 2.24) is 4.98 Å². The Labute approximate surface area is 106 Å². The third-order valence-electron chi connectivity index (χ3n) is 4.03. The van der Waals surface area contributed by atoms with Gasteiger partial charge in [-0.25, -0.2) is 9.78 Å². The van der Waals surface area contributed by atoms with Gasteiger partial charge in [-0.2, -0.15) is 0 Å². The number of aromatic nitrogens is 1. The molecule has 1 aliphatic carbocycles. The van der Waals surface area contributed by atoms with Gasteiger partial charge in [0.15, 0.2) is 0 Å². The molecule has 0 amide bonds. The van der Waals surface area contributed by atoms with Gasteiger partial charge in [0.1, 0.15) is 5.56 Å². The number of pyridine rings is 1. The zero-order valence-corrected chi connectivity index (χ0v) is 10.3. The summed E-state index contributed by atoms with van der Waals surface area (Å²) >= 11 is 0. The van der Waals surface area contributed by atoms with Gasteiger partial charge in [0.25, 0.3) is 0 Å². The van der Waals surface area contributed by atoms with E-state index in [2.05, 4.69) is 4.98 Å². The highest BCUT2D eigenvalue weighted by Crippen LogP contribution is 2.37. The Bertz CT molecular complexity index is 478. The quantitative estimate of drug-likeness (QED) is 0.775. The largest absolute Gasteiger partial charge is 0.493 e. The summed E-state index contributed by atoms with van der Waals surface area (Å²) in [7, 11) is 0. The first-order valence-electron chi connectivity index (χ1n) is 6.65. The van der Waals surface area contributed by atoms with Crippen molar-refractivity contribution in [3.8, 4) is 5.88 Å². The van der Waals surface area contributed by atoms with Crippen molar-refractivity contribution in [3.05, 3.63) is 22.9 Å². The van der Waals surface area contributed by atoms with Crippen LogP contribution in [0.3, 0.4) is 0 Å². The van der Waals surface area contributed by atoms with Crippen molar-refractivity contribution >= 4 is 5.97 Å². The van der Waals surface area contributed by atoms with Crippen LogP contribution in [0.1, 0.15) is 59.5 Å². The highest BCUT2D eigenvalue weighted by molar-refractivity contribution is 5.94. The molecule has 1 N–H and O–H groups in total. The van der Waals surface area contributed by atoms with Crippen molar-refractivity contribution < 1.29 is 14.6 Å². The number of fused-ring (bicyclic) bond motifs is 1. The van der Waals surface area contributed by atoms with Gasteiger partial charge in [-0.1, -0.05) is 19.3 Å². The van der Waals surface area contributed by atoms with Crippen molar-refractivity contribution in [2.24, 2.45) is 0 Å². The molecule has 0 bridgehead atoms. The van der Waals surface area contributed by atoms with Gasteiger partial charge in [0.2, 0.25) is 5.88 Å². The van der Waals surface area contributed by atoms with Crippen LogP contribution in [0, 0.1) is 0 Å². The van der Waals surface area contributed by atoms with Crippen molar-refractivity contribution in [2.75, 3.05) is 6.61 Å².